The number of unbranched alkanes of at least 4 members (excludes halogenated alkanes) is 1. The Morgan fingerprint density at radius 3 is 2.88 bits per heavy atom. The second-order valence-corrected chi connectivity index (χ2v) is 4.81. The lowest BCUT2D eigenvalue weighted by Gasteiger charge is -2.32. The highest BCUT2D eigenvalue weighted by Gasteiger charge is 2.20. The van der Waals surface area contributed by atoms with Gasteiger partial charge in [0.25, 0.3) is 0 Å². The first-order valence-electron chi connectivity index (χ1n) is 6.78. The average molecular weight is 226 g/mol. The van der Waals surface area contributed by atoms with Crippen LogP contribution in [0.5, 0.6) is 0 Å². The molecule has 0 bridgehead atoms. The Labute approximate surface area is 99.6 Å². The molecule has 1 rings (SSSR count). The Hall–Kier alpha value is -0.570. The van der Waals surface area contributed by atoms with Crippen molar-refractivity contribution in [3.63, 3.8) is 0 Å². The van der Waals surface area contributed by atoms with E-state index in [-0.39, 0.29) is 5.91 Å². The van der Waals surface area contributed by atoms with Crippen LogP contribution in [-0.4, -0.2) is 36.5 Å². The summed E-state index contributed by atoms with van der Waals surface area (Å²) in [7, 11) is 0. The lowest BCUT2D eigenvalue weighted by atomic mass is 10.1. The molecule has 16 heavy (non-hydrogen) atoms. The fourth-order valence-corrected chi connectivity index (χ4v) is 2.33. The first-order chi connectivity index (χ1) is 7.76. The second-order valence-electron chi connectivity index (χ2n) is 4.81. The molecule has 1 amide bonds. The van der Waals surface area contributed by atoms with Crippen LogP contribution in [-0.2, 0) is 4.79 Å². The van der Waals surface area contributed by atoms with Gasteiger partial charge in [0.1, 0.15) is 0 Å². The first kappa shape index (κ1) is 13.5. The van der Waals surface area contributed by atoms with Crippen molar-refractivity contribution in [2.75, 3.05) is 19.6 Å². The normalized spacial score (nSPS) is 22.0. The van der Waals surface area contributed by atoms with Gasteiger partial charge in [0.15, 0.2) is 0 Å². The molecule has 0 saturated carbocycles. The third kappa shape index (κ3) is 4.97. The van der Waals surface area contributed by atoms with E-state index in [4.69, 9.17) is 0 Å². The number of nitrogens with one attached hydrogen (secondary N) is 1. The third-order valence-electron chi connectivity index (χ3n) is 3.17. The largest absolute Gasteiger partial charge is 0.352 e. The van der Waals surface area contributed by atoms with Crippen LogP contribution < -0.4 is 5.32 Å². The van der Waals surface area contributed by atoms with E-state index < -0.39 is 0 Å². The molecule has 0 aromatic carbocycles. The van der Waals surface area contributed by atoms with Crippen LogP contribution in [0.1, 0.15) is 52.4 Å². The minimum Gasteiger partial charge on any atom is -0.352 e. The summed E-state index contributed by atoms with van der Waals surface area (Å²) < 4.78 is 0. The van der Waals surface area contributed by atoms with Gasteiger partial charge in [0, 0.05) is 19.0 Å². The zero-order valence-corrected chi connectivity index (χ0v) is 10.8. The Kier molecular flexibility index (Phi) is 6.46. The zero-order valence-electron chi connectivity index (χ0n) is 10.8. The van der Waals surface area contributed by atoms with E-state index in [1.165, 1.54) is 25.9 Å². The monoisotopic (exact) mass is 226 g/mol. The van der Waals surface area contributed by atoms with Crippen molar-refractivity contribution < 1.29 is 4.79 Å². The summed E-state index contributed by atoms with van der Waals surface area (Å²) >= 11 is 0. The van der Waals surface area contributed by atoms with Crippen molar-refractivity contribution in [1.82, 2.24) is 10.2 Å². The Morgan fingerprint density at radius 1 is 1.38 bits per heavy atom. The molecule has 1 fully saturated rings. The number of likely N-dealkylation sites (tertiary alicyclic amines) is 1. The number of rotatable bonds is 6. The maximum absolute atomic E-state index is 11.6. The number of nitrogens with zero attached hydrogens (tertiary/aromatic N) is 1. The summed E-state index contributed by atoms with van der Waals surface area (Å²) in [6.07, 6.45) is 6.38. The molecule has 3 heteroatoms. The average Bonchev–Trinajstić information content (AvgIpc) is 2.27. The topological polar surface area (TPSA) is 32.3 Å². The summed E-state index contributed by atoms with van der Waals surface area (Å²) in [5, 5.41) is 3.16. The van der Waals surface area contributed by atoms with Gasteiger partial charge in [0.2, 0.25) is 5.91 Å². The Bertz CT molecular complexity index is 204. The predicted molar refractivity (Wildman–Crippen MR) is 67.4 cm³/mol. The summed E-state index contributed by atoms with van der Waals surface area (Å²) in [6, 6.07) is 0.393. The summed E-state index contributed by atoms with van der Waals surface area (Å²) in [4.78, 5) is 14.1. The smallest absolute Gasteiger partial charge is 0.220 e. The van der Waals surface area contributed by atoms with Crippen molar-refractivity contribution in [3.8, 4) is 0 Å². The summed E-state index contributed by atoms with van der Waals surface area (Å²) in [5.74, 6) is 0.241. The maximum Gasteiger partial charge on any atom is 0.220 e. The molecule has 1 aliphatic heterocycles. The third-order valence-corrected chi connectivity index (χ3v) is 3.17. The van der Waals surface area contributed by atoms with Crippen molar-refractivity contribution >= 4 is 5.91 Å². The van der Waals surface area contributed by atoms with Gasteiger partial charge in [-0.1, -0.05) is 20.3 Å². The van der Waals surface area contributed by atoms with Gasteiger partial charge < -0.3 is 10.2 Å². The van der Waals surface area contributed by atoms with Gasteiger partial charge in [-0.15, -0.1) is 0 Å². The standard InChI is InChI=1S/C13H26N2O/c1-3-5-8-13(16)14-12-7-6-10-15(11-12)9-4-2/h12H,3-11H2,1-2H3,(H,14,16). The molecule has 0 spiro atoms. The zero-order chi connectivity index (χ0) is 11.8. The van der Waals surface area contributed by atoms with Gasteiger partial charge >= 0.3 is 0 Å². The fraction of sp³-hybridized carbons (Fsp3) is 0.923. The molecule has 1 unspecified atom stereocenters. The van der Waals surface area contributed by atoms with Crippen LogP contribution in [0.3, 0.4) is 0 Å². The van der Waals surface area contributed by atoms with Crippen LogP contribution in [0.2, 0.25) is 0 Å². The molecule has 1 N–H and O–H groups in total. The van der Waals surface area contributed by atoms with E-state index in [2.05, 4.69) is 24.1 Å². The van der Waals surface area contributed by atoms with E-state index in [1.807, 2.05) is 0 Å². The molecule has 3 nitrogen and oxygen atoms in total. The first-order valence-corrected chi connectivity index (χ1v) is 6.78. The highest BCUT2D eigenvalue weighted by atomic mass is 16.1. The van der Waals surface area contributed by atoms with Crippen molar-refractivity contribution in [2.24, 2.45) is 0 Å². The van der Waals surface area contributed by atoms with Crippen LogP contribution in [0.4, 0.5) is 0 Å². The number of hydrogen-bond donors (Lipinski definition) is 1. The lowest BCUT2D eigenvalue weighted by Crippen LogP contribution is -2.47. The number of carbonyl (C=O) groups excluding carboxylic acids is 1. The SMILES string of the molecule is CCCCC(=O)NC1CCCN(CCC)C1. The molecule has 94 valence electrons. The van der Waals surface area contributed by atoms with Gasteiger partial charge in [-0.05, 0) is 38.8 Å². The molecular weight excluding hydrogens is 200 g/mol. The molecular formula is C13H26N2O. The number of amides is 1. The molecule has 1 atom stereocenters. The van der Waals surface area contributed by atoms with E-state index >= 15 is 0 Å². The molecule has 1 heterocycles. The van der Waals surface area contributed by atoms with Gasteiger partial charge in [0.05, 0.1) is 0 Å². The van der Waals surface area contributed by atoms with Gasteiger partial charge in [-0.25, -0.2) is 0 Å². The minimum atomic E-state index is 0.241. The van der Waals surface area contributed by atoms with Crippen LogP contribution >= 0.6 is 0 Å². The predicted octanol–water partition coefficient (Wildman–Crippen LogP) is 2.17. The molecule has 0 aromatic heterocycles. The molecule has 1 aliphatic rings. The van der Waals surface area contributed by atoms with Crippen molar-refractivity contribution in [1.29, 1.82) is 0 Å². The van der Waals surface area contributed by atoms with Gasteiger partial charge in [-0.2, -0.15) is 0 Å². The molecule has 1 saturated heterocycles. The highest BCUT2D eigenvalue weighted by Crippen LogP contribution is 2.10. The molecule has 0 aliphatic carbocycles. The second kappa shape index (κ2) is 7.66. The summed E-state index contributed by atoms with van der Waals surface area (Å²) in [6.45, 7) is 7.75. The molecule has 0 radical (unpaired) electrons. The lowest BCUT2D eigenvalue weighted by molar-refractivity contribution is -0.122. The quantitative estimate of drug-likeness (QED) is 0.753. The number of carbonyl (C=O) groups is 1. The minimum absolute atomic E-state index is 0.241. The summed E-state index contributed by atoms with van der Waals surface area (Å²) in [5.41, 5.74) is 0. The number of hydrogen-bond acceptors (Lipinski definition) is 2. The van der Waals surface area contributed by atoms with E-state index in [1.54, 1.807) is 0 Å². The van der Waals surface area contributed by atoms with E-state index in [9.17, 15) is 4.79 Å². The van der Waals surface area contributed by atoms with Gasteiger partial charge in [-0.3, -0.25) is 4.79 Å². The highest BCUT2D eigenvalue weighted by molar-refractivity contribution is 5.76. The van der Waals surface area contributed by atoms with Crippen molar-refractivity contribution in [3.05, 3.63) is 0 Å². The fourth-order valence-electron chi connectivity index (χ4n) is 2.33. The van der Waals surface area contributed by atoms with Crippen molar-refractivity contribution in [2.45, 2.75) is 58.4 Å². The Morgan fingerprint density at radius 2 is 2.19 bits per heavy atom. The van der Waals surface area contributed by atoms with Crippen LogP contribution in [0.15, 0.2) is 0 Å². The maximum atomic E-state index is 11.6. The van der Waals surface area contributed by atoms with E-state index in [0.717, 1.165) is 25.8 Å². The Balaban J connectivity index is 2.22. The van der Waals surface area contributed by atoms with E-state index in [0.29, 0.717) is 12.5 Å². The number of piperidine rings is 1. The molecule has 0 aromatic rings. The van der Waals surface area contributed by atoms with Crippen LogP contribution in [0, 0.1) is 0 Å². The van der Waals surface area contributed by atoms with Crippen LogP contribution in [0.25, 0.3) is 0 Å².